The van der Waals surface area contributed by atoms with Crippen LogP contribution in [0.2, 0.25) is 0 Å². The van der Waals surface area contributed by atoms with E-state index in [1.54, 1.807) is 18.2 Å². The Hall–Kier alpha value is -1.40. The van der Waals surface area contributed by atoms with Crippen LogP contribution < -0.4 is 11.1 Å². The summed E-state index contributed by atoms with van der Waals surface area (Å²) in [6.07, 6.45) is 0. The maximum Gasteiger partial charge on any atom is 0.255 e. The lowest BCUT2D eigenvalue weighted by molar-refractivity contribution is 0.102. The summed E-state index contributed by atoms with van der Waals surface area (Å²) < 4.78 is 14.2. The summed E-state index contributed by atoms with van der Waals surface area (Å²) in [4.78, 5) is 12.0. The van der Waals surface area contributed by atoms with Gasteiger partial charge >= 0.3 is 0 Å². The number of carbonyl (C=O) groups is 1. The van der Waals surface area contributed by atoms with Crippen molar-refractivity contribution in [2.75, 3.05) is 11.1 Å². The summed E-state index contributed by atoms with van der Waals surface area (Å²) in [5.74, 6) is -0.769. The van der Waals surface area contributed by atoms with Gasteiger partial charge < -0.3 is 11.1 Å². The number of nitrogens with one attached hydrogen (secondary N) is 1. The first kappa shape index (κ1) is 14.0. The molecule has 0 heterocycles. The molecule has 0 aliphatic carbocycles. The molecule has 0 aliphatic rings. The van der Waals surface area contributed by atoms with Gasteiger partial charge in [-0.15, -0.1) is 0 Å². The normalized spacial score (nSPS) is 10.3. The zero-order chi connectivity index (χ0) is 14.0. The number of anilines is 2. The number of halogens is 3. The van der Waals surface area contributed by atoms with Crippen LogP contribution in [-0.4, -0.2) is 5.91 Å². The fraction of sp³-hybridized carbons (Fsp3) is 0. The van der Waals surface area contributed by atoms with E-state index in [1.807, 2.05) is 0 Å². The van der Waals surface area contributed by atoms with Crippen LogP contribution in [0.4, 0.5) is 15.8 Å². The van der Waals surface area contributed by atoms with Crippen molar-refractivity contribution in [3.63, 3.8) is 0 Å². The fourth-order valence-corrected chi connectivity index (χ4v) is 2.24. The molecular formula is C13H9Br2FN2O. The largest absolute Gasteiger partial charge is 0.397 e. The third kappa shape index (κ3) is 3.33. The average molecular weight is 388 g/mol. The number of amides is 1. The zero-order valence-electron chi connectivity index (χ0n) is 9.58. The first-order valence-corrected chi connectivity index (χ1v) is 6.87. The lowest BCUT2D eigenvalue weighted by Gasteiger charge is -2.09. The monoisotopic (exact) mass is 386 g/mol. The Bertz CT molecular complexity index is 647. The molecule has 2 rings (SSSR count). The number of hydrogen-bond acceptors (Lipinski definition) is 2. The van der Waals surface area contributed by atoms with E-state index in [9.17, 15) is 9.18 Å². The van der Waals surface area contributed by atoms with E-state index < -0.39 is 5.82 Å². The highest BCUT2D eigenvalue weighted by atomic mass is 79.9. The second kappa shape index (κ2) is 5.71. The molecule has 0 bridgehead atoms. The molecule has 0 fully saturated rings. The van der Waals surface area contributed by atoms with Gasteiger partial charge in [-0.3, -0.25) is 4.79 Å². The van der Waals surface area contributed by atoms with Crippen LogP contribution in [0, 0.1) is 5.82 Å². The predicted molar refractivity (Wildman–Crippen MR) is 80.6 cm³/mol. The summed E-state index contributed by atoms with van der Waals surface area (Å²) in [5.41, 5.74) is 7.09. The Balaban J connectivity index is 2.23. The minimum atomic E-state index is -0.417. The predicted octanol–water partition coefficient (Wildman–Crippen LogP) is 4.19. The van der Waals surface area contributed by atoms with E-state index in [1.165, 1.54) is 18.2 Å². The second-order valence-electron chi connectivity index (χ2n) is 3.81. The van der Waals surface area contributed by atoms with Gasteiger partial charge in [0.15, 0.2) is 0 Å². The van der Waals surface area contributed by atoms with E-state index in [0.717, 1.165) is 4.47 Å². The Morgan fingerprint density at radius 3 is 2.53 bits per heavy atom. The van der Waals surface area contributed by atoms with Crippen LogP contribution >= 0.6 is 31.9 Å². The quantitative estimate of drug-likeness (QED) is 0.759. The minimum absolute atomic E-state index is 0.240. The molecule has 2 aromatic rings. The molecule has 1 amide bonds. The molecule has 0 aliphatic heterocycles. The molecule has 0 unspecified atom stereocenters. The molecule has 0 radical (unpaired) electrons. The van der Waals surface area contributed by atoms with Crippen LogP contribution in [0.25, 0.3) is 0 Å². The molecule has 19 heavy (non-hydrogen) atoms. The van der Waals surface area contributed by atoms with Gasteiger partial charge in [-0.25, -0.2) is 4.39 Å². The van der Waals surface area contributed by atoms with Gasteiger partial charge in [0.1, 0.15) is 5.82 Å². The summed E-state index contributed by atoms with van der Waals surface area (Å²) in [5, 5.41) is 2.67. The average Bonchev–Trinajstić information content (AvgIpc) is 2.36. The lowest BCUT2D eigenvalue weighted by atomic mass is 10.2. The van der Waals surface area contributed by atoms with Crippen molar-refractivity contribution in [2.24, 2.45) is 0 Å². The number of rotatable bonds is 2. The van der Waals surface area contributed by atoms with Crippen molar-refractivity contribution in [3.8, 4) is 0 Å². The third-order valence-electron chi connectivity index (χ3n) is 2.44. The first-order chi connectivity index (χ1) is 8.97. The van der Waals surface area contributed by atoms with Gasteiger partial charge in [0, 0.05) is 10.0 Å². The molecule has 0 spiro atoms. The van der Waals surface area contributed by atoms with Crippen LogP contribution in [0.3, 0.4) is 0 Å². The maximum atomic E-state index is 13.1. The van der Waals surface area contributed by atoms with Crippen molar-refractivity contribution in [2.45, 2.75) is 0 Å². The molecule has 3 nitrogen and oxygen atoms in total. The lowest BCUT2D eigenvalue weighted by Crippen LogP contribution is -2.13. The highest BCUT2D eigenvalue weighted by molar-refractivity contribution is 9.10. The van der Waals surface area contributed by atoms with Gasteiger partial charge in [-0.05, 0) is 52.3 Å². The third-order valence-corrected chi connectivity index (χ3v) is 3.54. The standard InChI is InChI=1S/C13H9Br2FN2O/c14-8-2-4-12(11(17)6-8)18-13(19)7-1-3-10(16)9(15)5-7/h1-6H,17H2,(H,18,19). The van der Waals surface area contributed by atoms with Gasteiger partial charge in [-0.2, -0.15) is 0 Å². The van der Waals surface area contributed by atoms with E-state index in [4.69, 9.17) is 5.73 Å². The summed E-state index contributed by atoms with van der Waals surface area (Å²) in [6, 6.07) is 9.20. The van der Waals surface area contributed by atoms with E-state index >= 15 is 0 Å². The second-order valence-corrected chi connectivity index (χ2v) is 5.58. The van der Waals surface area contributed by atoms with E-state index in [2.05, 4.69) is 37.2 Å². The maximum absolute atomic E-state index is 13.1. The molecule has 6 heteroatoms. The SMILES string of the molecule is Nc1cc(Br)ccc1NC(=O)c1ccc(F)c(Br)c1. The van der Waals surface area contributed by atoms with Crippen LogP contribution in [0.1, 0.15) is 10.4 Å². The Morgan fingerprint density at radius 1 is 1.16 bits per heavy atom. The van der Waals surface area contributed by atoms with E-state index in [0.29, 0.717) is 16.9 Å². The van der Waals surface area contributed by atoms with Crippen molar-refractivity contribution in [3.05, 3.63) is 56.7 Å². The van der Waals surface area contributed by atoms with Crippen LogP contribution in [0.5, 0.6) is 0 Å². The number of hydrogen-bond donors (Lipinski definition) is 2. The summed E-state index contributed by atoms with van der Waals surface area (Å²) in [7, 11) is 0. The molecular weight excluding hydrogens is 379 g/mol. The minimum Gasteiger partial charge on any atom is -0.397 e. The Kier molecular flexibility index (Phi) is 4.21. The van der Waals surface area contributed by atoms with Crippen molar-refractivity contribution in [1.82, 2.24) is 0 Å². The van der Waals surface area contributed by atoms with Crippen LogP contribution in [-0.2, 0) is 0 Å². The van der Waals surface area contributed by atoms with Gasteiger partial charge in [-0.1, -0.05) is 15.9 Å². The Labute approximate surface area is 126 Å². The van der Waals surface area contributed by atoms with E-state index in [-0.39, 0.29) is 10.4 Å². The number of nitrogen functional groups attached to an aromatic ring is 1. The van der Waals surface area contributed by atoms with Crippen molar-refractivity contribution < 1.29 is 9.18 Å². The van der Waals surface area contributed by atoms with Gasteiger partial charge in [0.2, 0.25) is 0 Å². The molecule has 0 aromatic heterocycles. The van der Waals surface area contributed by atoms with Crippen molar-refractivity contribution >= 4 is 49.1 Å². The highest BCUT2D eigenvalue weighted by Crippen LogP contribution is 2.24. The number of carbonyl (C=O) groups excluding carboxylic acids is 1. The number of nitrogens with two attached hydrogens (primary N) is 1. The molecule has 98 valence electrons. The first-order valence-electron chi connectivity index (χ1n) is 5.29. The zero-order valence-corrected chi connectivity index (χ0v) is 12.8. The molecule has 0 saturated carbocycles. The fourth-order valence-electron chi connectivity index (χ4n) is 1.48. The summed E-state index contributed by atoms with van der Waals surface area (Å²) >= 11 is 6.32. The van der Waals surface area contributed by atoms with Gasteiger partial charge in [0.25, 0.3) is 5.91 Å². The van der Waals surface area contributed by atoms with Crippen LogP contribution in [0.15, 0.2) is 45.3 Å². The molecule has 0 saturated heterocycles. The topological polar surface area (TPSA) is 55.1 Å². The highest BCUT2D eigenvalue weighted by Gasteiger charge is 2.10. The molecule has 0 atom stereocenters. The molecule has 3 N–H and O–H groups in total. The summed E-state index contributed by atoms with van der Waals surface area (Å²) in [6.45, 7) is 0. The molecule has 2 aromatic carbocycles. The smallest absolute Gasteiger partial charge is 0.255 e. The number of benzene rings is 2. The van der Waals surface area contributed by atoms with Crippen molar-refractivity contribution in [1.29, 1.82) is 0 Å². The van der Waals surface area contributed by atoms with Gasteiger partial charge in [0.05, 0.1) is 15.8 Å². The Morgan fingerprint density at radius 2 is 1.89 bits per heavy atom.